The van der Waals surface area contributed by atoms with Crippen LogP contribution in [0, 0.1) is 5.92 Å². The first-order valence-electron chi connectivity index (χ1n) is 5.50. The standard InChI is InChI=1S/C13H15NO/c1-15-12-5-4-11-6-7-14(13(11)8-12)9-10-2-3-10/h4-8,10H,2-3,9H2,1H3. The average molecular weight is 201 g/mol. The topological polar surface area (TPSA) is 14.2 Å². The van der Waals surface area contributed by atoms with Crippen molar-refractivity contribution in [2.45, 2.75) is 19.4 Å². The Morgan fingerprint density at radius 2 is 2.20 bits per heavy atom. The van der Waals surface area contributed by atoms with Crippen LogP contribution in [-0.2, 0) is 6.54 Å². The van der Waals surface area contributed by atoms with Gasteiger partial charge in [0.1, 0.15) is 5.75 Å². The van der Waals surface area contributed by atoms with Gasteiger partial charge in [-0.15, -0.1) is 0 Å². The Morgan fingerprint density at radius 1 is 1.33 bits per heavy atom. The van der Waals surface area contributed by atoms with Crippen molar-refractivity contribution in [2.75, 3.05) is 7.11 Å². The van der Waals surface area contributed by atoms with Gasteiger partial charge in [-0.1, -0.05) is 0 Å². The van der Waals surface area contributed by atoms with Crippen LogP contribution in [0.1, 0.15) is 12.8 Å². The van der Waals surface area contributed by atoms with Crippen LogP contribution in [-0.4, -0.2) is 11.7 Å². The summed E-state index contributed by atoms with van der Waals surface area (Å²) in [5.74, 6) is 1.85. The number of ether oxygens (including phenoxy) is 1. The van der Waals surface area contributed by atoms with E-state index < -0.39 is 0 Å². The Hall–Kier alpha value is -1.44. The third-order valence-electron chi connectivity index (χ3n) is 3.13. The highest BCUT2D eigenvalue weighted by atomic mass is 16.5. The zero-order valence-corrected chi connectivity index (χ0v) is 8.94. The molecule has 0 amide bonds. The number of hydrogen-bond donors (Lipinski definition) is 0. The van der Waals surface area contributed by atoms with Crippen molar-refractivity contribution in [2.24, 2.45) is 5.92 Å². The lowest BCUT2D eigenvalue weighted by atomic mass is 10.2. The van der Waals surface area contributed by atoms with Gasteiger partial charge in [0.05, 0.1) is 12.6 Å². The summed E-state index contributed by atoms with van der Waals surface area (Å²) < 4.78 is 7.60. The molecule has 2 aromatic rings. The van der Waals surface area contributed by atoms with Crippen molar-refractivity contribution in [1.82, 2.24) is 4.57 Å². The van der Waals surface area contributed by atoms with Crippen molar-refractivity contribution < 1.29 is 4.74 Å². The van der Waals surface area contributed by atoms with Crippen LogP contribution >= 0.6 is 0 Å². The lowest BCUT2D eigenvalue weighted by Gasteiger charge is -2.05. The smallest absolute Gasteiger partial charge is 0.120 e. The molecule has 0 unspecified atom stereocenters. The summed E-state index contributed by atoms with van der Waals surface area (Å²) in [6.07, 6.45) is 4.97. The lowest BCUT2D eigenvalue weighted by molar-refractivity contribution is 0.415. The molecule has 78 valence electrons. The maximum atomic E-state index is 5.25. The molecule has 2 heteroatoms. The van der Waals surface area contributed by atoms with Gasteiger partial charge in [-0.2, -0.15) is 0 Å². The van der Waals surface area contributed by atoms with Crippen molar-refractivity contribution in [3.63, 3.8) is 0 Å². The highest BCUT2D eigenvalue weighted by Crippen LogP contribution is 2.32. The summed E-state index contributed by atoms with van der Waals surface area (Å²) >= 11 is 0. The molecule has 0 bridgehead atoms. The van der Waals surface area contributed by atoms with Crippen molar-refractivity contribution in [3.8, 4) is 5.75 Å². The van der Waals surface area contributed by atoms with E-state index in [0.717, 1.165) is 18.2 Å². The summed E-state index contributed by atoms with van der Waals surface area (Å²) in [6.45, 7) is 1.16. The van der Waals surface area contributed by atoms with Crippen LogP contribution in [0.15, 0.2) is 30.5 Å². The van der Waals surface area contributed by atoms with E-state index in [2.05, 4.69) is 29.0 Å². The Bertz CT molecular complexity index is 482. The van der Waals surface area contributed by atoms with Crippen LogP contribution in [0.5, 0.6) is 5.75 Å². The highest BCUT2D eigenvalue weighted by molar-refractivity contribution is 5.81. The Balaban J connectivity index is 2.04. The summed E-state index contributed by atoms with van der Waals surface area (Å²) in [5.41, 5.74) is 1.29. The van der Waals surface area contributed by atoms with E-state index in [1.807, 2.05) is 6.07 Å². The molecule has 1 aromatic carbocycles. The zero-order valence-electron chi connectivity index (χ0n) is 8.94. The molecule has 0 spiro atoms. The predicted molar refractivity (Wildman–Crippen MR) is 61.2 cm³/mol. The normalized spacial score (nSPS) is 15.8. The number of aromatic nitrogens is 1. The first-order chi connectivity index (χ1) is 7.36. The number of fused-ring (bicyclic) bond motifs is 1. The minimum absolute atomic E-state index is 0.909. The molecular formula is C13H15NO. The molecule has 2 nitrogen and oxygen atoms in total. The fourth-order valence-electron chi connectivity index (χ4n) is 2.03. The molecule has 1 saturated carbocycles. The summed E-state index contributed by atoms with van der Waals surface area (Å²) in [5, 5.41) is 1.30. The SMILES string of the molecule is COc1ccc2ccn(CC3CC3)c2c1. The summed E-state index contributed by atoms with van der Waals surface area (Å²) in [6, 6.07) is 8.44. The second kappa shape index (κ2) is 3.30. The first-order valence-corrected chi connectivity index (χ1v) is 5.50. The molecule has 1 fully saturated rings. The predicted octanol–water partition coefficient (Wildman–Crippen LogP) is 3.06. The molecule has 1 aliphatic carbocycles. The number of nitrogens with zero attached hydrogens (tertiary/aromatic N) is 1. The van der Waals surface area contributed by atoms with E-state index in [-0.39, 0.29) is 0 Å². The van der Waals surface area contributed by atoms with Crippen LogP contribution in [0.2, 0.25) is 0 Å². The molecule has 0 radical (unpaired) electrons. The maximum Gasteiger partial charge on any atom is 0.120 e. The van der Waals surface area contributed by atoms with E-state index in [4.69, 9.17) is 4.74 Å². The highest BCUT2D eigenvalue weighted by Gasteiger charge is 2.21. The number of methoxy groups -OCH3 is 1. The van der Waals surface area contributed by atoms with Gasteiger partial charge < -0.3 is 9.30 Å². The third-order valence-corrected chi connectivity index (χ3v) is 3.13. The molecule has 0 atom stereocenters. The van der Waals surface area contributed by atoms with Crippen LogP contribution in [0.4, 0.5) is 0 Å². The summed E-state index contributed by atoms with van der Waals surface area (Å²) in [4.78, 5) is 0. The number of benzene rings is 1. The van der Waals surface area contributed by atoms with Crippen LogP contribution in [0.25, 0.3) is 10.9 Å². The van der Waals surface area contributed by atoms with E-state index in [1.54, 1.807) is 7.11 Å². The molecule has 1 aliphatic rings. The molecule has 15 heavy (non-hydrogen) atoms. The van der Waals surface area contributed by atoms with Gasteiger partial charge in [0.15, 0.2) is 0 Å². The average Bonchev–Trinajstić information content (AvgIpc) is 3.00. The van der Waals surface area contributed by atoms with Crippen molar-refractivity contribution >= 4 is 10.9 Å². The van der Waals surface area contributed by atoms with Gasteiger partial charge in [0.25, 0.3) is 0 Å². The van der Waals surface area contributed by atoms with Gasteiger partial charge in [-0.05, 0) is 42.3 Å². The second-order valence-corrected chi connectivity index (χ2v) is 4.34. The van der Waals surface area contributed by atoms with Crippen molar-refractivity contribution in [3.05, 3.63) is 30.5 Å². The van der Waals surface area contributed by atoms with Gasteiger partial charge >= 0.3 is 0 Å². The van der Waals surface area contributed by atoms with Gasteiger partial charge in [0.2, 0.25) is 0 Å². The Kier molecular flexibility index (Phi) is 1.94. The van der Waals surface area contributed by atoms with Gasteiger partial charge in [0, 0.05) is 18.8 Å². The van der Waals surface area contributed by atoms with Gasteiger partial charge in [-0.25, -0.2) is 0 Å². The Labute approximate surface area is 89.5 Å². The molecular weight excluding hydrogens is 186 g/mol. The largest absolute Gasteiger partial charge is 0.497 e. The molecule has 1 aromatic heterocycles. The van der Waals surface area contributed by atoms with E-state index in [9.17, 15) is 0 Å². The molecule has 0 N–H and O–H groups in total. The molecule has 0 aliphatic heterocycles. The van der Waals surface area contributed by atoms with E-state index in [0.29, 0.717) is 0 Å². The maximum absolute atomic E-state index is 5.25. The lowest BCUT2D eigenvalue weighted by Crippen LogP contribution is -1.97. The monoisotopic (exact) mass is 201 g/mol. The molecule has 1 heterocycles. The fraction of sp³-hybridized carbons (Fsp3) is 0.385. The Morgan fingerprint density at radius 3 is 2.93 bits per heavy atom. The quantitative estimate of drug-likeness (QED) is 0.744. The second-order valence-electron chi connectivity index (χ2n) is 4.34. The van der Waals surface area contributed by atoms with Crippen LogP contribution < -0.4 is 4.74 Å². The number of rotatable bonds is 3. The van der Waals surface area contributed by atoms with Gasteiger partial charge in [-0.3, -0.25) is 0 Å². The minimum Gasteiger partial charge on any atom is -0.497 e. The van der Waals surface area contributed by atoms with E-state index >= 15 is 0 Å². The number of hydrogen-bond acceptors (Lipinski definition) is 1. The first kappa shape index (κ1) is 8.84. The third kappa shape index (κ3) is 1.60. The van der Waals surface area contributed by atoms with E-state index in [1.165, 1.54) is 23.7 Å². The summed E-state index contributed by atoms with van der Waals surface area (Å²) in [7, 11) is 1.72. The fourth-order valence-corrected chi connectivity index (χ4v) is 2.03. The van der Waals surface area contributed by atoms with Crippen LogP contribution in [0.3, 0.4) is 0 Å². The zero-order chi connectivity index (χ0) is 10.3. The molecule has 3 rings (SSSR count). The molecule has 0 saturated heterocycles. The van der Waals surface area contributed by atoms with Crippen molar-refractivity contribution in [1.29, 1.82) is 0 Å². The minimum atomic E-state index is 0.909.